The van der Waals surface area contributed by atoms with Gasteiger partial charge in [0.05, 0.1) is 6.26 Å². The molecule has 2 aromatic heterocycles. The number of nitrogens with one attached hydrogen (secondary N) is 1. The van der Waals surface area contributed by atoms with Gasteiger partial charge >= 0.3 is 0 Å². The molecule has 1 atom stereocenters. The van der Waals surface area contributed by atoms with Crippen LogP contribution >= 0.6 is 15.9 Å². The molecule has 96 valence electrons. The van der Waals surface area contributed by atoms with Gasteiger partial charge in [0.15, 0.2) is 0 Å². The van der Waals surface area contributed by atoms with Gasteiger partial charge in [-0.05, 0) is 53.0 Å². The predicted octanol–water partition coefficient (Wildman–Crippen LogP) is 3.55. The molecule has 2 aromatic rings. The van der Waals surface area contributed by atoms with E-state index in [0.717, 1.165) is 29.6 Å². The second kappa shape index (κ2) is 6.71. The van der Waals surface area contributed by atoms with Crippen LogP contribution in [0.1, 0.15) is 24.7 Å². The number of pyridine rings is 1. The lowest BCUT2D eigenvalue weighted by Gasteiger charge is -2.13. The minimum atomic E-state index is 0.453. The average Bonchev–Trinajstić information content (AvgIpc) is 2.87. The summed E-state index contributed by atoms with van der Waals surface area (Å²) in [4.78, 5) is 4.15. The molecule has 2 rings (SSSR count). The van der Waals surface area contributed by atoms with Gasteiger partial charge in [-0.15, -0.1) is 0 Å². The topological polar surface area (TPSA) is 38.1 Å². The Bertz CT molecular complexity index is 470. The largest absolute Gasteiger partial charge is 0.469 e. The van der Waals surface area contributed by atoms with Crippen LogP contribution in [0.4, 0.5) is 0 Å². The van der Waals surface area contributed by atoms with Crippen LogP contribution in [0.15, 0.2) is 45.7 Å². The molecule has 0 aliphatic heterocycles. The fourth-order valence-electron chi connectivity index (χ4n) is 1.76. The highest BCUT2D eigenvalue weighted by Crippen LogP contribution is 2.10. The average molecular weight is 309 g/mol. The van der Waals surface area contributed by atoms with Crippen molar-refractivity contribution >= 4 is 15.9 Å². The van der Waals surface area contributed by atoms with Crippen molar-refractivity contribution in [2.45, 2.75) is 32.4 Å². The molecule has 1 N–H and O–H groups in total. The zero-order chi connectivity index (χ0) is 12.8. The van der Waals surface area contributed by atoms with Crippen molar-refractivity contribution in [3.63, 3.8) is 0 Å². The van der Waals surface area contributed by atoms with Gasteiger partial charge in [0, 0.05) is 35.9 Å². The molecule has 0 saturated heterocycles. The van der Waals surface area contributed by atoms with Crippen LogP contribution in [0.5, 0.6) is 0 Å². The Labute approximate surface area is 116 Å². The molecule has 0 aliphatic rings. The molecule has 3 nitrogen and oxygen atoms in total. The third-order valence-corrected chi connectivity index (χ3v) is 3.25. The number of nitrogens with zero attached hydrogens (tertiary/aromatic N) is 1. The van der Waals surface area contributed by atoms with Gasteiger partial charge in [-0.25, -0.2) is 0 Å². The van der Waals surface area contributed by atoms with E-state index in [1.54, 1.807) is 12.5 Å². The molecular formula is C14H17BrN2O. The summed E-state index contributed by atoms with van der Waals surface area (Å²) in [5.41, 5.74) is 1.19. The van der Waals surface area contributed by atoms with E-state index in [9.17, 15) is 0 Å². The molecule has 0 aromatic carbocycles. The zero-order valence-electron chi connectivity index (χ0n) is 10.4. The monoisotopic (exact) mass is 308 g/mol. The first-order chi connectivity index (χ1) is 8.74. The molecule has 0 saturated carbocycles. The fourth-order valence-corrected chi connectivity index (χ4v) is 2.17. The Morgan fingerprint density at radius 3 is 3.06 bits per heavy atom. The van der Waals surface area contributed by atoms with E-state index < -0.39 is 0 Å². The number of aromatic nitrogens is 1. The van der Waals surface area contributed by atoms with Gasteiger partial charge < -0.3 is 9.73 Å². The summed E-state index contributed by atoms with van der Waals surface area (Å²) < 4.78 is 6.34. The van der Waals surface area contributed by atoms with Gasteiger partial charge in [-0.2, -0.15) is 0 Å². The van der Waals surface area contributed by atoms with E-state index >= 15 is 0 Å². The van der Waals surface area contributed by atoms with E-state index in [2.05, 4.69) is 39.2 Å². The summed E-state index contributed by atoms with van der Waals surface area (Å²) in [6.45, 7) is 3.03. The first-order valence-corrected chi connectivity index (χ1v) is 6.88. The zero-order valence-corrected chi connectivity index (χ0v) is 12.0. The van der Waals surface area contributed by atoms with E-state index in [1.807, 2.05) is 18.3 Å². The van der Waals surface area contributed by atoms with Crippen LogP contribution < -0.4 is 5.32 Å². The maximum Gasteiger partial charge on any atom is 0.103 e. The van der Waals surface area contributed by atoms with Crippen LogP contribution in [0.25, 0.3) is 0 Å². The lowest BCUT2D eigenvalue weighted by atomic mass is 10.1. The van der Waals surface area contributed by atoms with Gasteiger partial charge in [0.1, 0.15) is 5.76 Å². The molecular weight excluding hydrogens is 292 g/mol. The number of aryl methyl sites for hydroxylation is 1. The summed E-state index contributed by atoms with van der Waals surface area (Å²) in [5, 5.41) is 3.49. The van der Waals surface area contributed by atoms with Crippen molar-refractivity contribution in [3.05, 3.63) is 52.7 Å². The summed E-state index contributed by atoms with van der Waals surface area (Å²) >= 11 is 3.42. The molecule has 0 aliphatic carbocycles. The van der Waals surface area contributed by atoms with E-state index in [-0.39, 0.29) is 0 Å². The molecule has 0 radical (unpaired) electrons. The van der Waals surface area contributed by atoms with Crippen LogP contribution in [0.2, 0.25) is 0 Å². The van der Waals surface area contributed by atoms with E-state index in [0.29, 0.717) is 6.04 Å². The Morgan fingerprint density at radius 2 is 2.33 bits per heavy atom. The predicted molar refractivity (Wildman–Crippen MR) is 75.3 cm³/mol. The molecule has 0 spiro atoms. The van der Waals surface area contributed by atoms with Crippen LogP contribution in [-0.2, 0) is 13.0 Å². The standard InChI is InChI=1S/C14H17BrN2O/c1-11(4-5-14-3-2-6-18-14)17-9-12-7-13(15)10-16-8-12/h2-3,6-8,10-11,17H,4-5,9H2,1H3. The minimum absolute atomic E-state index is 0.453. The molecule has 0 amide bonds. The molecule has 0 bridgehead atoms. The summed E-state index contributed by atoms with van der Waals surface area (Å²) in [7, 11) is 0. The Balaban J connectivity index is 1.73. The quantitative estimate of drug-likeness (QED) is 0.887. The summed E-state index contributed by atoms with van der Waals surface area (Å²) in [5.74, 6) is 1.05. The lowest BCUT2D eigenvalue weighted by Crippen LogP contribution is -2.25. The number of rotatable bonds is 6. The number of furan rings is 1. The normalized spacial score (nSPS) is 12.6. The van der Waals surface area contributed by atoms with Crippen LogP contribution in [0.3, 0.4) is 0 Å². The summed E-state index contributed by atoms with van der Waals surface area (Å²) in [6, 6.07) is 6.49. The Hall–Kier alpha value is -1.13. The number of hydrogen-bond acceptors (Lipinski definition) is 3. The summed E-state index contributed by atoms with van der Waals surface area (Å²) in [6.07, 6.45) is 7.44. The molecule has 2 heterocycles. The third-order valence-electron chi connectivity index (χ3n) is 2.82. The molecule has 4 heteroatoms. The third kappa shape index (κ3) is 4.27. The highest BCUT2D eigenvalue weighted by Gasteiger charge is 2.04. The highest BCUT2D eigenvalue weighted by molar-refractivity contribution is 9.10. The number of hydrogen-bond donors (Lipinski definition) is 1. The maximum atomic E-state index is 5.32. The maximum absolute atomic E-state index is 5.32. The molecule has 0 fully saturated rings. The Morgan fingerprint density at radius 1 is 1.44 bits per heavy atom. The van der Waals surface area contributed by atoms with Crippen molar-refractivity contribution in [3.8, 4) is 0 Å². The minimum Gasteiger partial charge on any atom is -0.469 e. The van der Waals surface area contributed by atoms with Crippen molar-refractivity contribution in [2.75, 3.05) is 0 Å². The van der Waals surface area contributed by atoms with Crippen LogP contribution in [-0.4, -0.2) is 11.0 Å². The van der Waals surface area contributed by atoms with Crippen molar-refractivity contribution in [1.82, 2.24) is 10.3 Å². The lowest BCUT2D eigenvalue weighted by molar-refractivity contribution is 0.459. The number of halogens is 1. The van der Waals surface area contributed by atoms with E-state index in [1.165, 1.54) is 5.56 Å². The molecule has 1 unspecified atom stereocenters. The second-order valence-corrected chi connectivity index (χ2v) is 5.33. The highest BCUT2D eigenvalue weighted by atomic mass is 79.9. The van der Waals surface area contributed by atoms with Gasteiger partial charge in [-0.3, -0.25) is 4.98 Å². The molecule has 18 heavy (non-hydrogen) atoms. The fraction of sp³-hybridized carbons (Fsp3) is 0.357. The second-order valence-electron chi connectivity index (χ2n) is 4.41. The first-order valence-electron chi connectivity index (χ1n) is 6.09. The van der Waals surface area contributed by atoms with Crippen LogP contribution in [0, 0.1) is 0 Å². The SMILES string of the molecule is CC(CCc1ccco1)NCc1cncc(Br)c1. The van der Waals surface area contributed by atoms with Gasteiger partial charge in [0.25, 0.3) is 0 Å². The van der Waals surface area contributed by atoms with Crippen molar-refractivity contribution in [2.24, 2.45) is 0 Å². The first kappa shape index (κ1) is 13.3. The van der Waals surface area contributed by atoms with Crippen molar-refractivity contribution < 1.29 is 4.42 Å². The smallest absolute Gasteiger partial charge is 0.103 e. The Kier molecular flexibility index (Phi) is 4.96. The van der Waals surface area contributed by atoms with E-state index in [4.69, 9.17) is 4.42 Å². The van der Waals surface area contributed by atoms with Crippen molar-refractivity contribution in [1.29, 1.82) is 0 Å². The van der Waals surface area contributed by atoms with Gasteiger partial charge in [0.2, 0.25) is 0 Å². The van der Waals surface area contributed by atoms with Gasteiger partial charge in [-0.1, -0.05) is 0 Å².